The van der Waals surface area contributed by atoms with Gasteiger partial charge >= 0.3 is 0 Å². The Morgan fingerprint density at radius 3 is 1.72 bits per heavy atom. The first-order chi connectivity index (χ1) is 11.7. The topological polar surface area (TPSA) is 17.1 Å². The molecule has 2 heterocycles. The summed E-state index contributed by atoms with van der Waals surface area (Å²) in [5.74, 6) is 0.670. The van der Waals surface area contributed by atoms with Gasteiger partial charge in [0, 0.05) is 40.6 Å². The molecule has 0 atom stereocenters. The molecule has 25 heavy (non-hydrogen) atoms. The van der Waals surface area contributed by atoms with Gasteiger partial charge in [0.2, 0.25) is 0 Å². The first-order valence-electron chi connectivity index (χ1n) is 8.16. The molecular weight excluding hydrogens is 480 g/mol. The zero-order valence-corrected chi connectivity index (χ0v) is 19.2. The third-order valence-corrected chi connectivity index (χ3v) is 7.83. The van der Waals surface area contributed by atoms with Crippen molar-refractivity contribution in [2.75, 3.05) is 0 Å². The number of carbonyl (C=O) groups excluding carboxylic acids is 1. The van der Waals surface area contributed by atoms with Crippen LogP contribution >= 0.6 is 54.5 Å². The molecule has 3 rings (SSSR count). The van der Waals surface area contributed by atoms with Gasteiger partial charge in [-0.15, -0.1) is 22.7 Å². The van der Waals surface area contributed by atoms with E-state index in [1.54, 1.807) is 22.7 Å². The Balaban J connectivity index is 1.99. The lowest BCUT2D eigenvalue weighted by Crippen LogP contribution is -2.29. The van der Waals surface area contributed by atoms with Gasteiger partial charge in [-0.25, -0.2) is 0 Å². The second kappa shape index (κ2) is 7.63. The number of carbonyl (C=O) groups is 1. The summed E-state index contributed by atoms with van der Waals surface area (Å²) in [4.78, 5) is 15.3. The summed E-state index contributed by atoms with van der Waals surface area (Å²) in [5.41, 5.74) is 2.04. The third-order valence-electron chi connectivity index (χ3n) is 4.55. The van der Waals surface area contributed by atoms with Crippen LogP contribution in [0.1, 0.15) is 43.4 Å². The number of rotatable bonds is 2. The molecule has 1 nitrogen and oxygen atoms in total. The van der Waals surface area contributed by atoms with E-state index in [2.05, 4.69) is 87.7 Å². The van der Waals surface area contributed by atoms with Gasteiger partial charge in [-0.2, -0.15) is 0 Å². The van der Waals surface area contributed by atoms with Crippen LogP contribution in [0.3, 0.4) is 0 Å². The monoisotopic (exact) mass is 498 g/mol. The number of allylic oxidation sites excluding steroid dienone is 2. The minimum absolute atomic E-state index is 0.172. The molecule has 0 bridgehead atoms. The van der Waals surface area contributed by atoms with Crippen LogP contribution < -0.4 is 0 Å². The highest BCUT2D eigenvalue weighted by atomic mass is 79.9. The molecule has 0 radical (unpaired) electrons. The summed E-state index contributed by atoms with van der Waals surface area (Å²) in [7, 11) is 0. The molecule has 0 aliphatic heterocycles. The van der Waals surface area contributed by atoms with Crippen LogP contribution in [-0.4, -0.2) is 5.78 Å². The smallest absolute Gasteiger partial charge is 0.185 e. The largest absolute Gasteiger partial charge is 0.289 e. The van der Waals surface area contributed by atoms with Crippen LogP contribution in [0.15, 0.2) is 43.0 Å². The second-order valence-corrected chi connectivity index (χ2v) is 11.2. The van der Waals surface area contributed by atoms with Gasteiger partial charge in [0.05, 0.1) is 0 Å². The number of ketones is 1. The van der Waals surface area contributed by atoms with Crippen molar-refractivity contribution >= 4 is 72.5 Å². The summed E-state index contributed by atoms with van der Waals surface area (Å²) in [6.45, 7) is 6.81. The molecule has 0 saturated heterocycles. The fraction of sp³-hybridized carbons (Fsp3) is 0.350. The summed E-state index contributed by atoms with van der Waals surface area (Å²) in [6.07, 6.45) is 5.86. The molecule has 0 amide bonds. The molecule has 2 aromatic rings. The summed E-state index contributed by atoms with van der Waals surface area (Å²) in [5, 5.41) is 4.11. The normalized spacial score (nSPS) is 22.1. The van der Waals surface area contributed by atoms with E-state index in [1.165, 1.54) is 0 Å². The van der Waals surface area contributed by atoms with Crippen LogP contribution in [-0.2, 0) is 4.79 Å². The minimum atomic E-state index is 0.172. The average Bonchev–Trinajstić information content (AvgIpc) is 3.10. The standard InChI is InChI=1S/C20H20Br2OS2/c1-20(2,3)14-4-12(6-17-8-15(21)10-24-17)19(23)13(5-14)7-18-9-16(22)11-25-18/h6-11,14H,4-5H2,1-3H3/b12-6+,13-7+. The highest BCUT2D eigenvalue weighted by Crippen LogP contribution is 2.42. The van der Waals surface area contributed by atoms with Crippen molar-refractivity contribution in [2.45, 2.75) is 33.6 Å². The predicted octanol–water partition coefficient (Wildman–Crippen LogP) is 7.83. The Labute approximate surface area is 174 Å². The van der Waals surface area contributed by atoms with Crippen molar-refractivity contribution in [3.8, 4) is 0 Å². The fourth-order valence-corrected chi connectivity index (χ4v) is 5.81. The number of halogens is 2. The first-order valence-corrected chi connectivity index (χ1v) is 11.5. The maximum absolute atomic E-state index is 13.1. The molecule has 1 saturated carbocycles. The lowest BCUT2D eigenvalue weighted by Gasteiger charge is -2.35. The van der Waals surface area contributed by atoms with Gasteiger partial charge in [-0.1, -0.05) is 20.8 Å². The van der Waals surface area contributed by atoms with E-state index < -0.39 is 0 Å². The summed E-state index contributed by atoms with van der Waals surface area (Å²) < 4.78 is 2.14. The van der Waals surface area contributed by atoms with Crippen LogP contribution in [0, 0.1) is 11.3 Å². The van der Waals surface area contributed by atoms with Gasteiger partial charge < -0.3 is 0 Å². The van der Waals surface area contributed by atoms with E-state index in [1.807, 2.05) is 0 Å². The second-order valence-electron chi connectivity index (χ2n) is 7.47. The van der Waals surface area contributed by atoms with Crippen molar-refractivity contribution in [1.82, 2.24) is 0 Å². The molecule has 5 heteroatoms. The molecule has 0 N–H and O–H groups in total. The van der Waals surface area contributed by atoms with Gasteiger partial charge in [0.25, 0.3) is 0 Å². The third kappa shape index (κ3) is 4.82. The van der Waals surface area contributed by atoms with E-state index in [4.69, 9.17) is 0 Å². The Kier molecular flexibility index (Phi) is 5.88. The number of Topliss-reactive ketones (excluding diaryl/α,β-unsaturated/α-hetero) is 1. The minimum Gasteiger partial charge on any atom is -0.289 e. The number of hydrogen-bond acceptors (Lipinski definition) is 3. The Morgan fingerprint density at radius 1 is 0.960 bits per heavy atom. The lowest BCUT2D eigenvalue weighted by atomic mass is 9.69. The van der Waals surface area contributed by atoms with E-state index in [-0.39, 0.29) is 11.2 Å². The molecule has 132 valence electrons. The van der Waals surface area contributed by atoms with Crippen LogP contribution in [0.4, 0.5) is 0 Å². The number of hydrogen-bond donors (Lipinski definition) is 0. The van der Waals surface area contributed by atoms with Crippen LogP contribution in [0.25, 0.3) is 12.2 Å². The quantitative estimate of drug-likeness (QED) is 0.384. The van der Waals surface area contributed by atoms with E-state index in [0.29, 0.717) is 5.92 Å². The van der Waals surface area contributed by atoms with E-state index in [9.17, 15) is 4.79 Å². The fourth-order valence-electron chi connectivity index (χ4n) is 3.01. The Hall–Kier alpha value is -0.490. The summed E-state index contributed by atoms with van der Waals surface area (Å²) >= 11 is 10.3. The average molecular weight is 500 g/mol. The van der Waals surface area contributed by atoms with Gasteiger partial charge in [0.1, 0.15) is 0 Å². The van der Waals surface area contributed by atoms with Crippen molar-refractivity contribution < 1.29 is 4.79 Å². The zero-order chi connectivity index (χ0) is 18.2. The molecular formula is C20H20Br2OS2. The van der Waals surface area contributed by atoms with Crippen LogP contribution in [0.2, 0.25) is 0 Å². The van der Waals surface area contributed by atoms with E-state index >= 15 is 0 Å². The Morgan fingerprint density at radius 2 is 1.40 bits per heavy atom. The maximum atomic E-state index is 13.1. The molecule has 1 aliphatic carbocycles. The molecule has 0 spiro atoms. The highest BCUT2D eigenvalue weighted by molar-refractivity contribution is 9.10. The van der Waals surface area contributed by atoms with Crippen LogP contribution in [0.5, 0.6) is 0 Å². The highest BCUT2D eigenvalue weighted by Gasteiger charge is 2.34. The van der Waals surface area contributed by atoms with Gasteiger partial charge in [0.15, 0.2) is 5.78 Å². The first kappa shape index (κ1) is 19.3. The van der Waals surface area contributed by atoms with Crippen molar-refractivity contribution in [3.05, 3.63) is 52.7 Å². The Bertz CT molecular complexity index is 787. The number of thiophene rings is 2. The van der Waals surface area contributed by atoms with Crippen molar-refractivity contribution in [1.29, 1.82) is 0 Å². The lowest BCUT2D eigenvalue weighted by molar-refractivity contribution is -0.113. The van der Waals surface area contributed by atoms with Gasteiger partial charge in [-0.05, 0) is 80.3 Å². The van der Waals surface area contributed by atoms with Gasteiger partial charge in [-0.3, -0.25) is 4.79 Å². The molecule has 0 unspecified atom stereocenters. The van der Waals surface area contributed by atoms with Crippen molar-refractivity contribution in [3.63, 3.8) is 0 Å². The SMILES string of the molecule is CC(C)(C)C1C/C(=C\c2cc(Br)cs2)C(=O)/C(=C/c2cc(Br)cs2)C1. The van der Waals surface area contributed by atoms with Crippen molar-refractivity contribution in [2.24, 2.45) is 11.3 Å². The molecule has 0 aromatic carbocycles. The van der Waals surface area contributed by atoms with E-state index in [0.717, 1.165) is 42.7 Å². The summed E-state index contributed by atoms with van der Waals surface area (Å²) in [6, 6.07) is 4.15. The molecule has 1 fully saturated rings. The predicted molar refractivity (Wildman–Crippen MR) is 117 cm³/mol. The maximum Gasteiger partial charge on any atom is 0.185 e. The molecule has 2 aromatic heterocycles. The zero-order valence-electron chi connectivity index (χ0n) is 14.4. The molecule has 1 aliphatic rings.